The summed E-state index contributed by atoms with van der Waals surface area (Å²) in [6.07, 6.45) is 3.30. The number of carbonyl (C=O) groups is 1. The fourth-order valence-corrected chi connectivity index (χ4v) is 3.81. The first kappa shape index (κ1) is 16.8. The number of anilines is 1. The molecule has 1 saturated heterocycles. The van der Waals surface area contributed by atoms with Gasteiger partial charge in [-0.05, 0) is 36.6 Å². The molecule has 0 atom stereocenters. The largest absolute Gasteiger partial charge is 0.370 e. The van der Waals surface area contributed by atoms with Crippen LogP contribution in [0.25, 0.3) is 11.2 Å². The summed E-state index contributed by atoms with van der Waals surface area (Å²) in [4.78, 5) is 18.9. The molecule has 1 aliphatic rings. The summed E-state index contributed by atoms with van der Waals surface area (Å²) in [5.74, 6) is -0.278. The van der Waals surface area contributed by atoms with E-state index < -0.39 is 0 Å². The number of benzene rings is 1. The maximum atomic E-state index is 13.2. The highest BCUT2D eigenvalue weighted by molar-refractivity contribution is 7.00. The van der Waals surface area contributed by atoms with Crippen molar-refractivity contribution in [2.75, 3.05) is 18.0 Å². The van der Waals surface area contributed by atoms with Crippen LogP contribution in [0, 0.1) is 11.7 Å². The molecule has 1 aliphatic heterocycles. The lowest BCUT2D eigenvalue weighted by atomic mass is 9.95. The van der Waals surface area contributed by atoms with E-state index >= 15 is 0 Å². The van der Waals surface area contributed by atoms with Gasteiger partial charge in [-0.2, -0.15) is 8.75 Å². The van der Waals surface area contributed by atoms with Crippen LogP contribution in [0.4, 0.5) is 10.1 Å². The topological polar surface area (TPSA) is 71.0 Å². The zero-order chi connectivity index (χ0) is 17.9. The molecule has 3 heterocycles. The van der Waals surface area contributed by atoms with Crippen molar-refractivity contribution in [1.29, 1.82) is 0 Å². The Morgan fingerprint density at radius 3 is 2.92 bits per heavy atom. The fraction of sp³-hybridized carbons (Fsp3) is 0.333. The van der Waals surface area contributed by atoms with Crippen molar-refractivity contribution >= 4 is 34.5 Å². The zero-order valence-corrected chi connectivity index (χ0v) is 14.9. The Morgan fingerprint density at radius 2 is 2.12 bits per heavy atom. The number of piperidine rings is 1. The number of rotatable bonds is 4. The molecule has 0 spiro atoms. The number of nitrogens with zero attached hydrogens (tertiary/aromatic N) is 4. The van der Waals surface area contributed by atoms with Crippen molar-refractivity contribution in [3.8, 4) is 0 Å². The second-order valence-electron chi connectivity index (χ2n) is 6.38. The number of hydrogen-bond acceptors (Lipinski definition) is 6. The zero-order valence-electron chi connectivity index (χ0n) is 14.1. The summed E-state index contributed by atoms with van der Waals surface area (Å²) in [5.41, 5.74) is 3.29. The molecule has 134 valence electrons. The van der Waals surface area contributed by atoms with Gasteiger partial charge in [0.15, 0.2) is 5.65 Å². The first-order valence-corrected chi connectivity index (χ1v) is 9.28. The predicted molar refractivity (Wildman–Crippen MR) is 98.4 cm³/mol. The van der Waals surface area contributed by atoms with Crippen molar-refractivity contribution in [1.82, 2.24) is 19.0 Å². The lowest BCUT2D eigenvalue weighted by Crippen LogP contribution is -2.40. The van der Waals surface area contributed by atoms with Crippen LogP contribution in [0.1, 0.15) is 18.4 Å². The number of hydrogen-bond donors (Lipinski definition) is 1. The Bertz CT molecular complexity index is 923. The van der Waals surface area contributed by atoms with E-state index in [1.54, 1.807) is 12.3 Å². The lowest BCUT2D eigenvalue weighted by molar-refractivity contribution is -0.125. The van der Waals surface area contributed by atoms with Crippen molar-refractivity contribution < 1.29 is 9.18 Å². The monoisotopic (exact) mass is 371 g/mol. The normalized spacial score (nSPS) is 15.3. The standard InChI is InChI=1S/C18H18FN5OS/c19-14-3-1-2-12(10-14)11-21-18(25)13-5-8-24(9-6-13)15-4-7-20-17-16(15)22-26-23-17/h1-4,7,10,13H,5-6,8-9,11H2,(H,21,25). The van der Waals surface area contributed by atoms with Gasteiger partial charge in [0, 0.05) is 31.7 Å². The highest BCUT2D eigenvalue weighted by Gasteiger charge is 2.26. The summed E-state index contributed by atoms with van der Waals surface area (Å²) < 4.78 is 21.7. The summed E-state index contributed by atoms with van der Waals surface area (Å²) in [5, 5.41) is 2.92. The predicted octanol–water partition coefficient (Wildman–Crippen LogP) is 2.76. The molecule has 1 amide bonds. The smallest absolute Gasteiger partial charge is 0.223 e. The van der Waals surface area contributed by atoms with Crippen LogP contribution in [0.2, 0.25) is 0 Å². The Morgan fingerprint density at radius 1 is 1.27 bits per heavy atom. The average Bonchev–Trinajstić information content (AvgIpc) is 3.15. The van der Waals surface area contributed by atoms with Gasteiger partial charge in [0.2, 0.25) is 5.91 Å². The third kappa shape index (κ3) is 3.50. The minimum Gasteiger partial charge on any atom is -0.370 e. The van der Waals surface area contributed by atoms with Gasteiger partial charge in [-0.25, -0.2) is 9.37 Å². The van der Waals surface area contributed by atoms with Crippen LogP contribution >= 0.6 is 11.7 Å². The quantitative estimate of drug-likeness (QED) is 0.764. The number of pyridine rings is 1. The van der Waals surface area contributed by atoms with Gasteiger partial charge in [-0.1, -0.05) is 12.1 Å². The summed E-state index contributed by atoms with van der Waals surface area (Å²) in [6.45, 7) is 1.93. The molecular weight excluding hydrogens is 353 g/mol. The minimum absolute atomic E-state index is 0.0225. The van der Waals surface area contributed by atoms with E-state index in [9.17, 15) is 9.18 Å². The van der Waals surface area contributed by atoms with E-state index in [1.807, 2.05) is 12.1 Å². The SMILES string of the molecule is O=C(NCc1cccc(F)c1)C1CCN(c2ccnc3nsnc23)CC1. The summed E-state index contributed by atoms with van der Waals surface area (Å²) >= 11 is 1.16. The minimum atomic E-state index is -0.287. The van der Waals surface area contributed by atoms with Crippen LogP contribution in [-0.2, 0) is 11.3 Å². The molecule has 2 aromatic heterocycles. The highest BCUT2D eigenvalue weighted by atomic mass is 32.1. The lowest BCUT2D eigenvalue weighted by Gasteiger charge is -2.32. The van der Waals surface area contributed by atoms with Crippen LogP contribution in [-0.4, -0.2) is 32.7 Å². The first-order valence-electron chi connectivity index (χ1n) is 8.55. The van der Waals surface area contributed by atoms with Crippen LogP contribution in [0.3, 0.4) is 0 Å². The van der Waals surface area contributed by atoms with E-state index in [4.69, 9.17) is 0 Å². The molecule has 0 bridgehead atoms. The third-order valence-corrected chi connectivity index (χ3v) is 5.22. The third-order valence-electron chi connectivity index (χ3n) is 4.71. The number of amides is 1. The van der Waals surface area contributed by atoms with Crippen LogP contribution < -0.4 is 10.2 Å². The second-order valence-corrected chi connectivity index (χ2v) is 6.90. The Hall–Kier alpha value is -2.61. The molecule has 8 heteroatoms. The van der Waals surface area contributed by atoms with Gasteiger partial charge in [-0.3, -0.25) is 4.79 Å². The van der Waals surface area contributed by atoms with Gasteiger partial charge in [0.25, 0.3) is 0 Å². The number of fused-ring (bicyclic) bond motifs is 1. The van der Waals surface area contributed by atoms with E-state index in [-0.39, 0.29) is 17.6 Å². The summed E-state index contributed by atoms with van der Waals surface area (Å²) in [7, 11) is 0. The molecule has 1 fully saturated rings. The Labute approximate surface area is 154 Å². The fourth-order valence-electron chi connectivity index (χ4n) is 3.31. The molecule has 1 aromatic carbocycles. The van der Waals surface area contributed by atoms with Crippen LogP contribution in [0.5, 0.6) is 0 Å². The molecule has 4 rings (SSSR count). The van der Waals surface area contributed by atoms with E-state index in [1.165, 1.54) is 12.1 Å². The molecule has 26 heavy (non-hydrogen) atoms. The highest BCUT2D eigenvalue weighted by Crippen LogP contribution is 2.28. The molecule has 0 aliphatic carbocycles. The van der Waals surface area contributed by atoms with Crippen molar-refractivity contribution in [2.24, 2.45) is 5.92 Å². The van der Waals surface area contributed by atoms with Crippen LogP contribution in [0.15, 0.2) is 36.5 Å². The van der Waals surface area contributed by atoms with Gasteiger partial charge >= 0.3 is 0 Å². The maximum Gasteiger partial charge on any atom is 0.223 e. The Balaban J connectivity index is 1.34. The molecular formula is C18H18FN5OS. The Kier molecular flexibility index (Phi) is 4.75. The molecule has 3 aromatic rings. The van der Waals surface area contributed by atoms with E-state index in [0.717, 1.165) is 54.4 Å². The van der Waals surface area contributed by atoms with Gasteiger partial charge in [-0.15, -0.1) is 0 Å². The number of nitrogens with one attached hydrogen (secondary N) is 1. The second kappa shape index (κ2) is 7.33. The van der Waals surface area contributed by atoms with Gasteiger partial charge in [0.1, 0.15) is 11.3 Å². The van der Waals surface area contributed by atoms with E-state index in [0.29, 0.717) is 12.2 Å². The molecule has 1 N–H and O–H groups in total. The molecule has 6 nitrogen and oxygen atoms in total. The molecule has 0 unspecified atom stereocenters. The van der Waals surface area contributed by atoms with E-state index in [2.05, 4.69) is 23.9 Å². The number of aromatic nitrogens is 3. The van der Waals surface area contributed by atoms with Crippen molar-refractivity contribution in [3.63, 3.8) is 0 Å². The average molecular weight is 371 g/mol. The first-order chi connectivity index (χ1) is 12.7. The number of carbonyl (C=O) groups excluding carboxylic acids is 1. The summed E-state index contributed by atoms with van der Waals surface area (Å²) in [6, 6.07) is 8.25. The van der Waals surface area contributed by atoms with Gasteiger partial charge in [0.05, 0.1) is 17.4 Å². The van der Waals surface area contributed by atoms with Crippen molar-refractivity contribution in [2.45, 2.75) is 19.4 Å². The van der Waals surface area contributed by atoms with Gasteiger partial charge < -0.3 is 10.2 Å². The van der Waals surface area contributed by atoms with Crippen molar-refractivity contribution in [3.05, 3.63) is 47.9 Å². The number of halogens is 1. The molecule has 0 radical (unpaired) electrons. The maximum absolute atomic E-state index is 13.2. The molecule has 0 saturated carbocycles.